The van der Waals surface area contributed by atoms with Crippen LogP contribution in [0, 0.1) is 5.92 Å². The van der Waals surface area contributed by atoms with E-state index in [1.165, 1.54) is 6.42 Å². The second-order valence-corrected chi connectivity index (χ2v) is 5.13. The molecule has 1 amide bonds. The first kappa shape index (κ1) is 12.5. The minimum absolute atomic E-state index is 0.0125. The standard InChI is InChI=1S/C12H24N2O/c1-8(2)6-7-9(3)14-11(5)13-10(4)12(14)15/h8-11,13H,6-7H2,1-5H3. The molecule has 3 heteroatoms. The number of carbonyl (C=O) groups excluding carboxylic acids is 1. The maximum atomic E-state index is 11.9. The van der Waals surface area contributed by atoms with Crippen molar-refractivity contribution in [2.24, 2.45) is 5.92 Å². The van der Waals surface area contributed by atoms with Gasteiger partial charge in [0.25, 0.3) is 0 Å². The van der Waals surface area contributed by atoms with Crippen molar-refractivity contribution in [3.8, 4) is 0 Å². The van der Waals surface area contributed by atoms with Gasteiger partial charge in [-0.15, -0.1) is 0 Å². The van der Waals surface area contributed by atoms with Crippen molar-refractivity contribution in [3.05, 3.63) is 0 Å². The average molecular weight is 212 g/mol. The summed E-state index contributed by atoms with van der Waals surface area (Å²) in [6.07, 6.45) is 2.48. The van der Waals surface area contributed by atoms with Crippen molar-refractivity contribution in [1.82, 2.24) is 10.2 Å². The van der Waals surface area contributed by atoms with Crippen LogP contribution in [0.3, 0.4) is 0 Å². The van der Waals surface area contributed by atoms with Gasteiger partial charge in [0.2, 0.25) is 5.91 Å². The summed E-state index contributed by atoms with van der Waals surface area (Å²) in [6, 6.07) is 0.342. The van der Waals surface area contributed by atoms with E-state index in [4.69, 9.17) is 0 Å². The van der Waals surface area contributed by atoms with Crippen LogP contribution >= 0.6 is 0 Å². The van der Waals surface area contributed by atoms with Crippen LogP contribution < -0.4 is 5.32 Å². The highest BCUT2D eigenvalue weighted by Gasteiger charge is 2.35. The van der Waals surface area contributed by atoms with Gasteiger partial charge in [0.05, 0.1) is 12.2 Å². The molecule has 1 aliphatic heterocycles. The van der Waals surface area contributed by atoms with Gasteiger partial charge in [-0.3, -0.25) is 10.1 Å². The van der Waals surface area contributed by atoms with Gasteiger partial charge in [0.15, 0.2) is 0 Å². The van der Waals surface area contributed by atoms with E-state index in [2.05, 4.69) is 33.0 Å². The van der Waals surface area contributed by atoms with Crippen LogP contribution in [0.4, 0.5) is 0 Å². The molecule has 0 bridgehead atoms. The molecule has 3 nitrogen and oxygen atoms in total. The van der Waals surface area contributed by atoms with Gasteiger partial charge in [0.1, 0.15) is 0 Å². The molecule has 1 saturated heterocycles. The number of hydrogen-bond donors (Lipinski definition) is 1. The molecular formula is C12H24N2O. The largest absolute Gasteiger partial charge is 0.323 e. The van der Waals surface area contributed by atoms with E-state index >= 15 is 0 Å². The highest BCUT2D eigenvalue weighted by Crippen LogP contribution is 2.18. The number of amides is 1. The topological polar surface area (TPSA) is 32.3 Å². The summed E-state index contributed by atoms with van der Waals surface area (Å²) < 4.78 is 0. The van der Waals surface area contributed by atoms with Crippen molar-refractivity contribution in [2.45, 2.75) is 65.7 Å². The van der Waals surface area contributed by atoms with Gasteiger partial charge in [0, 0.05) is 6.04 Å². The molecule has 3 unspecified atom stereocenters. The van der Waals surface area contributed by atoms with Gasteiger partial charge in [-0.1, -0.05) is 13.8 Å². The Balaban J connectivity index is 2.51. The van der Waals surface area contributed by atoms with E-state index in [9.17, 15) is 4.79 Å². The summed E-state index contributed by atoms with van der Waals surface area (Å²) >= 11 is 0. The zero-order valence-corrected chi connectivity index (χ0v) is 10.6. The van der Waals surface area contributed by atoms with Crippen molar-refractivity contribution in [2.75, 3.05) is 0 Å². The molecule has 0 aromatic heterocycles. The molecule has 0 radical (unpaired) electrons. The molecule has 1 rings (SSSR count). The average Bonchev–Trinajstić information content (AvgIpc) is 2.37. The van der Waals surface area contributed by atoms with Crippen molar-refractivity contribution < 1.29 is 4.79 Å². The summed E-state index contributed by atoms with van der Waals surface area (Å²) in [7, 11) is 0. The summed E-state index contributed by atoms with van der Waals surface area (Å²) in [4.78, 5) is 13.9. The molecule has 1 heterocycles. The van der Waals surface area contributed by atoms with Gasteiger partial charge in [-0.25, -0.2) is 0 Å². The number of nitrogens with zero attached hydrogens (tertiary/aromatic N) is 1. The lowest BCUT2D eigenvalue weighted by Gasteiger charge is -2.28. The molecule has 0 aliphatic carbocycles. The monoisotopic (exact) mass is 212 g/mol. The molecule has 3 atom stereocenters. The Morgan fingerprint density at radius 2 is 1.87 bits per heavy atom. The third kappa shape index (κ3) is 2.94. The summed E-state index contributed by atoms with van der Waals surface area (Å²) in [5.74, 6) is 0.963. The van der Waals surface area contributed by atoms with Gasteiger partial charge in [-0.05, 0) is 39.5 Å². The predicted molar refractivity (Wildman–Crippen MR) is 62.4 cm³/mol. The Morgan fingerprint density at radius 1 is 1.27 bits per heavy atom. The molecule has 88 valence electrons. The van der Waals surface area contributed by atoms with Crippen LogP contribution in [0.25, 0.3) is 0 Å². The first-order valence-corrected chi connectivity index (χ1v) is 6.01. The summed E-state index contributed by atoms with van der Waals surface area (Å²) in [6.45, 7) is 10.6. The lowest BCUT2D eigenvalue weighted by atomic mass is 10.0. The van der Waals surface area contributed by atoms with Crippen LogP contribution in [0.1, 0.15) is 47.5 Å². The molecule has 0 saturated carbocycles. The first-order valence-electron chi connectivity index (χ1n) is 6.01. The van der Waals surface area contributed by atoms with Gasteiger partial charge >= 0.3 is 0 Å². The normalized spacial score (nSPS) is 28.9. The quantitative estimate of drug-likeness (QED) is 0.773. The third-order valence-corrected chi connectivity index (χ3v) is 3.17. The molecule has 1 N–H and O–H groups in total. The van der Waals surface area contributed by atoms with Crippen molar-refractivity contribution in [3.63, 3.8) is 0 Å². The smallest absolute Gasteiger partial charge is 0.240 e. The van der Waals surface area contributed by atoms with E-state index < -0.39 is 0 Å². The maximum Gasteiger partial charge on any atom is 0.240 e. The van der Waals surface area contributed by atoms with E-state index in [1.54, 1.807) is 0 Å². The number of hydrogen-bond acceptors (Lipinski definition) is 2. The molecule has 1 aliphatic rings. The predicted octanol–water partition coefficient (Wildman–Crippen LogP) is 1.98. The zero-order chi connectivity index (χ0) is 11.6. The Bertz CT molecular complexity index is 228. The second-order valence-electron chi connectivity index (χ2n) is 5.13. The lowest BCUT2D eigenvalue weighted by Crippen LogP contribution is -2.41. The lowest BCUT2D eigenvalue weighted by molar-refractivity contribution is -0.131. The molecular weight excluding hydrogens is 188 g/mol. The minimum Gasteiger partial charge on any atom is -0.323 e. The van der Waals surface area contributed by atoms with E-state index in [1.807, 2.05) is 11.8 Å². The maximum absolute atomic E-state index is 11.9. The SMILES string of the molecule is CC(C)CCC(C)N1C(=O)C(C)NC1C. The number of rotatable bonds is 4. The van der Waals surface area contributed by atoms with Crippen molar-refractivity contribution in [1.29, 1.82) is 0 Å². The van der Waals surface area contributed by atoms with Gasteiger partial charge < -0.3 is 4.90 Å². The zero-order valence-electron chi connectivity index (χ0n) is 10.6. The van der Waals surface area contributed by atoms with Crippen LogP contribution in [-0.2, 0) is 4.79 Å². The highest BCUT2D eigenvalue weighted by molar-refractivity contribution is 5.84. The fourth-order valence-electron chi connectivity index (χ4n) is 2.24. The van der Waals surface area contributed by atoms with Gasteiger partial charge in [-0.2, -0.15) is 0 Å². The van der Waals surface area contributed by atoms with E-state index in [0.29, 0.717) is 12.0 Å². The van der Waals surface area contributed by atoms with Crippen LogP contribution in [0.2, 0.25) is 0 Å². The molecule has 0 aromatic rings. The molecule has 1 fully saturated rings. The third-order valence-electron chi connectivity index (χ3n) is 3.17. The minimum atomic E-state index is -0.0125. The Hall–Kier alpha value is -0.570. The number of carbonyl (C=O) groups is 1. The van der Waals surface area contributed by atoms with Crippen LogP contribution in [-0.4, -0.2) is 29.1 Å². The first-order chi connectivity index (χ1) is 6.93. The van der Waals surface area contributed by atoms with Crippen LogP contribution in [0.5, 0.6) is 0 Å². The van der Waals surface area contributed by atoms with E-state index in [-0.39, 0.29) is 18.1 Å². The van der Waals surface area contributed by atoms with Crippen LogP contribution in [0.15, 0.2) is 0 Å². The fraction of sp³-hybridized carbons (Fsp3) is 0.917. The summed E-state index contributed by atoms with van der Waals surface area (Å²) in [5.41, 5.74) is 0. The fourth-order valence-corrected chi connectivity index (χ4v) is 2.24. The number of nitrogens with one attached hydrogen (secondary N) is 1. The molecule has 0 aromatic carbocycles. The highest BCUT2D eigenvalue weighted by atomic mass is 16.2. The Labute approximate surface area is 93.2 Å². The molecule has 15 heavy (non-hydrogen) atoms. The van der Waals surface area contributed by atoms with Crippen molar-refractivity contribution >= 4 is 5.91 Å². The Kier molecular flexibility index (Phi) is 4.14. The summed E-state index contributed by atoms with van der Waals surface area (Å²) in [5, 5.41) is 3.26. The second kappa shape index (κ2) is 4.97. The van der Waals surface area contributed by atoms with E-state index in [0.717, 1.165) is 6.42 Å². The Morgan fingerprint density at radius 3 is 2.27 bits per heavy atom. The molecule has 0 spiro atoms.